The highest BCUT2D eigenvalue weighted by atomic mass is 16.5. The van der Waals surface area contributed by atoms with Crippen LogP contribution in [0.15, 0.2) is 54.6 Å². The van der Waals surface area contributed by atoms with Gasteiger partial charge in [-0.2, -0.15) is 5.10 Å². The van der Waals surface area contributed by atoms with Crippen molar-refractivity contribution in [1.82, 2.24) is 19.8 Å². The van der Waals surface area contributed by atoms with E-state index in [-0.39, 0.29) is 17.5 Å². The minimum Gasteiger partial charge on any atom is -0.494 e. The lowest BCUT2D eigenvalue weighted by atomic mass is 10.00. The lowest BCUT2D eigenvalue weighted by molar-refractivity contribution is 0.102. The fourth-order valence-electron chi connectivity index (χ4n) is 3.51. The number of carbonyl (C=O) groups excluding carboxylic acids is 1. The molecule has 0 aliphatic rings. The van der Waals surface area contributed by atoms with Crippen LogP contribution in [-0.2, 0) is 0 Å². The fraction of sp³-hybridized carbons (Fsp3) is 0.250. The van der Waals surface area contributed by atoms with Crippen LogP contribution in [0.1, 0.15) is 48.6 Å². The summed E-state index contributed by atoms with van der Waals surface area (Å²) in [5.74, 6) is 0.612. The van der Waals surface area contributed by atoms with Gasteiger partial charge in [0.25, 0.3) is 5.91 Å². The third-order valence-electron chi connectivity index (χ3n) is 5.04. The first kappa shape index (κ1) is 20.5. The number of rotatable bonds is 6. The summed E-state index contributed by atoms with van der Waals surface area (Å²) in [6.07, 6.45) is 0. The van der Waals surface area contributed by atoms with Gasteiger partial charge in [-0.15, -0.1) is 10.2 Å². The van der Waals surface area contributed by atoms with Gasteiger partial charge in [-0.25, -0.2) is 4.52 Å². The molecule has 4 aromatic rings. The molecular formula is C24H25N5O2. The molecule has 4 rings (SSSR count). The molecular weight excluding hydrogens is 390 g/mol. The summed E-state index contributed by atoms with van der Waals surface area (Å²) in [6.45, 7) is 8.54. The van der Waals surface area contributed by atoms with Gasteiger partial charge in [0.05, 0.1) is 23.6 Å². The maximum Gasteiger partial charge on any atom is 0.278 e. The van der Waals surface area contributed by atoms with E-state index in [0.29, 0.717) is 23.6 Å². The molecule has 1 amide bonds. The molecule has 7 nitrogen and oxygen atoms in total. The molecule has 0 aliphatic carbocycles. The van der Waals surface area contributed by atoms with Crippen LogP contribution in [0.3, 0.4) is 0 Å². The van der Waals surface area contributed by atoms with Crippen LogP contribution in [0.2, 0.25) is 0 Å². The predicted octanol–water partition coefficient (Wildman–Crippen LogP) is 4.87. The molecule has 1 N–H and O–H groups in total. The lowest BCUT2D eigenvalue weighted by Gasteiger charge is -2.09. The molecule has 2 heterocycles. The van der Waals surface area contributed by atoms with E-state index < -0.39 is 0 Å². The largest absolute Gasteiger partial charge is 0.494 e. The van der Waals surface area contributed by atoms with Crippen molar-refractivity contribution in [1.29, 1.82) is 0 Å². The van der Waals surface area contributed by atoms with Crippen LogP contribution < -0.4 is 10.1 Å². The van der Waals surface area contributed by atoms with Crippen molar-refractivity contribution in [3.8, 4) is 16.9 Å². The normalized spacial score (nSPS) is 11.1. The second-order valence-corrected chi connectivity index (χ2v) is 7.56. The number of anilines is 1. The Hall–Kier alpha value is -3.74. The Balaban J connectivity index is 1.71. The van der Waals surface area contributed by atoms with E-state index in [1.54, 1.807) is 16.6 Å². The number of hydrogen-bond donors (Lipinski definition) is 1. The van der Waals surface area contributed by atoms with Crippen molar-refractivity contribution in [2.75, 3.05) is 11.9 Å². The molecule has 7 heteroatoms. The molecule has 0 saturated carbocycles. The van der Waals surface area contributed by atoms with E-state index in [1.165, 1.54) is 0 Å². The van der Waals surface area contributed by atoms with Crippen LogP contribution in [0, 0.1) is 6.92 Å². The van der Waals surface area contributed by atoms with Crippen molar-refractivity contribution >= 4 is 17.2 Å². The number of carbonyl (C=O) groups is 1. The molecule has 0 unspecified atom stereocenters. The van der Waals surface area contributed by atoms with Crippen LogP contribution >= 0.6 is 0 Å². The van der Waals surface area contributed by atoms with Crippen molar-refractivity contribution < 1.29 is 9.53 Å². The number of aromatic nitrogens is 4. The van der Waals surface area contributed by atoms with Crippen LogP contribution in [0.4, 0.5) is 5.69 Å². The number of hydrogen-bond acceptors (Lipinski definition) is 5. The zero-order valence-corrected chi connectivity index (χ0v) is 18.1. The number of nitrogens with one attached hydrogen (secondary N) is 1. The maximum absolute atomic E-state index is 12.9. The van der Waals surface area contributed by atoms with E-state index in [4.69, 9.17) is 9.84 Å². The molecule has 2 aromatic heterocycles. The molecule has 0 radical (unpaired) electrons. The topological polar surface area (TPSA) is 81.4 Å². The Morgan fingerprint density at radius 2 is 1.77 bits per heavy atom. The summed E-state index contributed by atoms with van der Waals surface area (Å²) in [6, 6.07) is 17.2. The number of benzene rings is 2. The van der Waals surface area contributed by atoms with Gasteiger partial charge < -0.3 is 10.1 Å². The van der Waals surface area contributed by atoms with Gasteiger partial charge in [-0.3, -0.25) is 4.79 Å². The van der Waals surface area contributed by atoms with Crippen molar-refractivity contribution in [2.45, 2.75) is 33.6 Å². The van der Waals surface area contributed by atoms with Gasteiger partial charge in [-0.1, -0.05) is 44.2 Å². The Morgan fingerprint density at radius 1 is 1.06 bits per heavy atom. The third kappa shape index (κ3) is 3.99. The molecule has 0 aliphatic heterocycles. The zero-order chi connectivity index (χ0) is 22.0. The number of aryl methyl sites for hydroxylation is 1. The van der Waals surface area contributed by atoms with E-state index in [2.05, 4.69) is 29.4 Å². The number of nitrogens with zero attached hydrogens (tertiary/aromatic N) is 4. The quantitative estimate of drug-likeness (QED) is 0.486. The SMILES string of the molecule is CCOc1ccc(NC(=O)c2nnc3c(-c4ccccc4)c(C(C)C)nn3c2C)cc1. The van der Waals surface area contributed by atoms with Crippen molar-refractivity contribution in [2.24, 2.45) is 0 Å². The minimum atomic E-state index is -0.334. The van der Waals surface area contributed by atoms with E-state index >= 15 is 0 Å². The summed E-state index contributed by atoms with van der Waals surface area (Å²) >= 11 is 0. The molecule has 31 heavy (non-hydrogen) atoms. The Bertz CT molecular complexity index is 1210. The summed E-state index contributed by atoms with van der Waals surface area (Å²) in [5, 5.41) is 16.3. The van der Waals surface area contributed by atoms with Gasteiger partial charge in [0, 0.05) is 5.69 Å². The molecule has 2 aromatic carbocycles. The third-order valence-corrected chi connectivity index (χ3v) is 5.04. The Morgan fingerprint density at radius 3 is 2.42 bits per heavy atom. The highest BCUT2D eigenvalue weighted by molar-refractivity contribution is 6.03. The van der Waals surface area contributed by atoms with Gasteiger partial charge >= 0.3 is 0 Å². The van der Waals surface area contributed by atoms with Crippen LogP contribution in [-0.4, -0.2) is 32.3 Å². The predicted molar refractivity (Wildman–Crippen MR) is 121 cm³/mol. The monoisotopic (exact) mass is 415 g/mol. The summed E-state index contributed by atoms with van der Waals surface area (Å²) in [5.41, 5.74) is 5.07. The lowest BCUT2D eigenvalue weighted by Crippen LogP contribution is -2.18. The van der Waals surface area contributed by atoms with Crippen molar-refractivity contribution in [3.63, 3.8) is 0 Å². The van der Waals surface area contributed by atoms with Gasteiger partial charge in [0.2, 0.25) is 0 Å². The second kappa shape index (κ2) is 8.55. The number of amides is 1. The van der Waals surface area contributed by atoms with E-state index in [1.807, 2.05) is 56.3 Å². The van der Waals surface area contributed by atoms with Crippen LogP contribution in [0.25, 0.3) is 16.8 Å². The van der Waals surface area contributed by atoms with Gasteiger partial charge in [-0.05, 0) is 49.6 Å². The van der Waals surface area contributed by atoms with E-state index in [9.17, 15) is 4.79 Å². The summed E-state index contributed by atoms with van der Waals surface area (Å²) < 4.78 is 7.16. The summed E-state index contributed by atoms with van der Waals surface area (Å²) in [7, 11) is 0. The molecule has 0 saturated heterocycles. The molecule has 158 valence electrons. The van der Waals surface area contributed by atoms with E-state index in [0.717, 1.165) is 22.6 Å². The van der Waals surface area contributed by atoms with Gasteiger partial charge in [0.15, 0.2) is 11.3 Å². The molecule has 0 fully saturated rings. The average Bonchev–Trinajstić information content (AvgIpc) is 3.17. The minimum absolute atomic E-state index is 0.192. The number of fused-ring (bicyclic) bond motifs is 1. The Labute approximate surface area is 181 Å². The molecule has 0 atom stereocenters. The standard InChI is InChI=1S/C24H25N5O2/c1-5-31-19-13-11-18(12-14-19)25-24(30)22-16(4)29-23(27-26-22)20(21(28-29)15(2)3)17-9-7-6-8-10-17/h6-15H,5H2,1-4H3,(H,25,30). The first-order valence-corrected chi connectivity index (χ1v) is 10.3. The maximum atomic E-state index is 12.9. The smallest absolute Gasteiger partial charge is 0.278 e. The van der Waals surface area contributed by atoms with Gasteiger partial charge in [0.1, 0.15) is 5.75 Å². The average molecular weight is 415 g/mol. The summed E-state index contributed by atoms with van der Waals surface area (Å²) in [4.78, 5) is 12.9. The van der Waals surface area contributed by atoms with Crippen LogP contribution in [0.5, 0.6) is 5.75 Å². The molecule has 0 bridgehead atoms. The Kier molecular flexibility index (Phi) is 5.66. The highest BCUT2D eigenvalue weighted by Crippen LogP contribution is 2.32. The highest BCUT2D eigenvalue weighted by Gasteiger charge is 2.23. The fourth-order valence-corrected chi connectivity index (χ4v) is 3.51. The first-order valence-electron chi connectivity index (χ1n) is 10.3. The number of ether oxygens (including phenoxy) is 1. The van der Waals surface area contributed by atoms with Crippen molar-refractivity contribution in [3.05, 3.63) is 71.7 Å². The first-order chi connectivity index (χ1) is 15.0. The molecule has 0 spiro atoms. The second-order valence-electron chi connectivity index (χ2n) is 7.56. The zero-order valence-electron chi connectivity index (χ0n) is 18.1.